The van der Waals surface area contributed by atoms with Crippen molar-refractivity contribution in [1.82, 2.24) is 9.55 Å². The average molecular weight is 509 g/mol. The zero-order valence-electron chi connectivity index (χ0n) is 17.8. The van der Waals surface area contributed by atoms with Crippen LogP contribution in [0.2, 0.25) is 0 Å². The number of amides is 1. The third-order valence-corrected chi connectivity index (χ3v) is 8.32. The lowest BCUT2D eigenvalue weighted by atomic mass is 10.1. The lowest BCUT2D eigenvalue weighted by Crippen LogP contribution is -2.18. The van der Waals surface area contributed by atoms with Crippen LogP contribution in [0.15, 0.2) is 88.6 Å². The average Bonchev–Trinajstić information content (AvgIpc) is 3.57. The maximum Gasteiger partial charge on any atom is 0.272 e. The molecule has 7 nitrogen and oxygen atoms in total. The fraction of sp³-hybridized carbons (Fsp3) is 0.0833. The second-order valence-electron chi connectivity index (χ2n) is 7.51. The fourth-order valence-electron chi connectivity index (χ4n) is 3.65. The molecule has 0 radical (unpaired) electrons. The molecule has 0 atom stereocenters. The first kappa shape index (κ1) is 22.3. The molecule has 5 rings (SSSR count). The molecule has 172 valence electrons. The van der Waals surface area contributed by atoms with Gasteiger partial charge in [0, 0.05) is 23.8 Å². The second-order valence-corrected chi connectivity index (χ2v) is 11.0. The minimum atomic E-state index is -3.75. The SMILES string of the molecule is O=C(Nc1ccc(S(=O)(=O)Nc2nccs2)cc1)c1cc2sccc2n1CCc1ccccc1. The summed E-state index contributed by atoms with van der Waals surface area (Å²) in [7, 11) is -3.75. The zero-order chi connectivity index (χ0) is 23.5. The van der Waals surface area contributed by atoms with Crippen LogP contribution in [0.3, 0.4) is 0 Å². The van der Waals surface area contributed by atoms with Gasteiger partial charge in [0.1, 0.15) is 5.69 Å². The van der Waals surface area contributed by atoms with Crippen molar-refractivity contribution in [1.29, 1.82) is 0 Å². The van der Waals surface area contributed by atoms with E-state index in [1.54, 1.807) is 28.8 Å². The third kappa shape index (κ3) is 4.74. The van der Waals surface area contributed by atoms with E-state index in [0.29, 0.717) is 23.1 Å². The number of benzene rings is 2. The highest BCUT2D eigenvalue weighted by molar-refractivity contribution is 7.93. The number of thiazole rings is 1. The molecule has 2 N–H and O–H groups in total. The molecule has 0 spiro atoms. The summed E-state index contributed by atoms with van der Waals surface area (Å²) in [5.74, 6) is -0.243. The van der Waals surface area contributed by atoms with Crippen LogP contribution < -0.4 is 10.0 Å². The van der Waals surface area contributed by atoms with Crippen LogP contribution in [0.25, 0.3) is 10.2 Å². The maximum atomic E-state index is 13.1. The number of anilines is 2. The van der Waals surface area contributed by atoms with Crippen LogP contribution in [0.4, 0.5) is 10.8 Å². The number of aryl methyl sites for hydroxylation is 2. The zero-order valence-corrected chi connectivity index (χ0v) is 20.3. The van der Waals surface area contributed by atoms with Gasteiger partial charge in [-0.1, -0.05) is 30.3 Å². The lowest BCUT2D eigenvalue weighted by molar-refractivity contribution is 0.101. The van der Waals surface area contributed by atoms with Crippen molar-refractivity contribution in [3.8, 4) is 0 Å². The Balaban J connectivity index is 1.33. The first-order valence-corrected chi connectivity index (χ1v) is 13.7. The number of sulfonamides is 1. The number of fused-ring (bicyclic) bond motifs is 1. The first-order chi connectivity index (χ1) is 16.5. The Morgan fingerprint density at radius 2 is 1.76 bits per heavy atom. The number of hydrogen-bond donors (Lipinski definition) is 2. The highest BCUT2D eigenvalue weighted by atomic mass is 32.2. The number of carbonyl (C=O) groups is 1. The fourth-order valence-corrected chi connectivity index (χ4v) is 6.26. The summed E-state index contributed by atoms with van der Waals surface area (Å²) in [6.45, 7) is 0.673. The van der Waals surface area contributed by atoms with Gasteiger partial charge in [0.15, 0.2) is 5.13 Å². The smallest absolute Gasteiger partial charge is 0.272 e. The third-order valence-electron chi connectivity index (χ3n) is 5.30. The van der Waals surface area contributed by atoms with Gasteiger partial charge in [-0.2, -0.15) is 0 Å². The molecule has 2 aromatic carbocycles. The quantitative estimate of drug-likeness (QED) is 0.291. The van der Waals surface area contributed by atoms with E-state index in [1.807, 2.05) is 40.3 Å². The summed E-state index contributed by atoms with van der Waals surface area (Å²) >= 11 is 2.79. The minimum absolute atomic E-state index is 0.0902. The van der Waals surface area contributed by atoms with Gasteiger partial charge < -0.3 is 9.88 Å². The lowest BCUT2D eigenvalue weighted by Gasteiger charge is -2.12. The van der Waals surface area contributed by atoms with Gasteiger partial charge in [-0.05, 0) is 53.8 Å². The number of aromatic nitrogens is 2. The Morgan fingerprint density at radius 1 is 0.971 bits per heavy atom. The summed E-state index contributed by atoms with van der Waals surface area (Å²) in [5.41, 5.74) is 3.31. The van der Waals surface area contributed by atoms with Gasteiger partial charge in [-0.25, -0.2) is 13.4 Å². The molecular formula is C24H20N4O3S3. The van der Waals surface area contributed by atoms with Crippen molar-refractivity contribution in [3.63, 3.8) is 0 Å². The van der Waals surface area contributed by atoms with E-state index in [4.69, 9.17) is 0 Å². The van der Waals surface area contributed by atoms with E-state index < -0.39 is 10.0 Å². The number of carbonyl (C=O) groups excluding carboxylic acids is 1. The molecule has 0 aliphatic carbocycles. The van der Waals surface area contributed by atoms with Crippen LogP contribution >= 0.6 is 22.7 Å². The van der Waals surface area contributed by atoms with Crippen molar-refractivity contribution >= 4 is 59.6 Å². The second kappa shape index (κ2) is 9.41. The number of nitrogens with one attached hydrogen (secondary N) is 2. The molecule has 1 amide bonds. The van der Waals surface area contributed by atoms with Crippen molar-refractivity contribution in [2.24, 2.45) is 0 Å². The molecule has 0 bridgehead atoms. The van der Waals surface area contributed by atoms with Crippen molar-refractivity contribution in [2.75, 3.05) is 10.0 Å². The molecule has 5 aromatic rings. The van der Waals surface area contributed by atoms with Gasteiger partial charge in [0.05, 0.1) is 15.1 Å². The molecule has 0 aliphatic rings. The summed E-state index contributed by atoms with van der Waals surface area (Å²) < 4.78 is 30.6. The number of hydrogen-bond acceptors (Lipinski definition) is 6. The van der Waals surface area contributed by atoms with E-state index in [0.717, 1.165) is 16.6 Å². The molecule has 3 heterocycles. The number of nitrogens with zero attached hydrogens (tertiary/aromatic N) is 2. The van der Waals surface area contributed by atoms with Gasteiger partial charge in [0.2, 0.25) is 0 Å². The number of rotatable bonds is 8. The standard InChI is InChI=1S/C24H20N4O3S3/c29-23(26-18-6-8-19(9-7-18)34(30,31)27-24-25-12-15-33-24)21-16-22-20(11-14-32-22)28(21)13-10-17-4-2-1-3-5-17/h1-9,11-12,14-16H,10,13H2,(H,25,27)(H,26,29). The van der Waals surface area contributed by atoms with E-state index in [2.05, 4.69) is 27.2 Å². The Morgan fingerprint density at radius 3 is 2.50 bits per heavy atom. The van der Waals surface area contributed by atoms with Crippen LogP contribution in [0, 0.1) is 0 Å². The van der Waals surface area contributed by atoms with E-state index in [-0.39, 0.29) is 10.8 Å². The van der Waals surface area contributed by atoms with Gasteiger partial charge in [-0.15, -0.1) is 22.7 Å². The topological polar surface area (TPSA) is 93.1 Å². The predicted molar refractivity (Wildman–Crippen MR) is 137 cm³/mol. The summed E-state index contributed by atoms with van der Waals surface area (Å²) in [6.07, 6.45) is 2.33. The van der Waals surface area contributed by atoms with Crippen LogP contribution in [0.1, 0.15) is 16.1 Å². The molecule has 0 saturated carbocycles. The largest absolute Gasteiger partial charge is 0.335 e. The molecule has 3 aromatic heterocycles. The van der Waals surface area contributed by atoms with Crippen LogP contribution in [-0.4, -0.2) is 23.9 Å². The Bertz CT molecular complexity index is 1520. The molecule has 0 saturated heterocycles. The van der Waals surface area contributed by atoms with Crippen molar-refractivity contribution in [2.45, 2.75) is 17.9 Å². The molecule has 0 aliphatic heterocycles. The van der Waals surface area contributed by atoms with Gasteiger partial charge in [-0.3, -0.25) is 9.52 Å². The Hall–Kier alpha value is -3.47. The van der Waals surface area contributed by atoms with Gasteiger partial charge in [0.25, 0.3) is 15.9 Å². The Labute approximate surface area is 204 Å². The first-order valence-electron chi connectivity index (χ1n) is 10.4. The van der Waals surface area contributed by atoms with E-state index >= 15 is 0 Å². The molecule has 0 fully saturated rings. The predicted octanol–water partition coefficient (Wildman–Crippen LogP) is 5.46. The molecular weight excluding hydrogens is 488 g/mol. The van der Waals surface area contributed by atoms with E-state index in [1.165, 1.54) is 35.2 Å². The highest BCUT2D eigenvalue weighted by Crippen LogP contribution is 2.27. The molecule has 0 unspecified atom stereocenters. The summed E-state index contributed by atoms with van der Waals surface area (Å²) in [4.78, 5) is 17.2. The maximum absolute atomic E-state index is 13.1. The number of thiophene rings is 1. The minimum Gasteiger partial charge on any atom is -0.335 e. The normalized spacial score (nSPS) is 11.5. The monoisotopic (exact) mass is 508 g/mol. The molecule has 10 heteroatoms. The van der Waals surface area contributed by atoms with Crippen LogP contribution in [-0.2, 0) is 23.0 Å². The van der Waals surface area contributed by atoms with Gasteiger partial charge >= 0.3 is 0 Å². The van der Waals surface area contributed by atoms with Crippen molar-refractivity contribution < 1.29 is 13.2 Å². The summed E-state index contributed by atoms with van der Waals surface area (Å²) in [5, 5.41) is 6.90. The molecule has 34 heavy (non-hydrogen) atoms. The Kier molecular flexibility index (Phi) is 6.18. The highest BCUT2D eigenvalue weighted by Gasteiger charge is 2.18. The van der Waals surface area contributed by atoms with E-state index in [9.17, 15) is 13.2 Å². The van der Waals surface area contributed by atoms with Crippen molar-refractivity contribution in [3.05, 3.63) is 94.9 Å². The summed E-state index contributed by atoms with van der Waals surface area (Å²) in [6, 6.07) is 20.2. The van der Waals surface area contributed by atoms with Crippen LogP contribution in [0.5, 0.6) is 0 Å².